The summed E-state index contributed by atoms with van der Waals surface area (Å²) in [6, 6.07) is 15.4. The van der Waals surface area contributed by atoms with Crippen molar-refractivity contribution in [3.8, 4) is 0 Å². The molecule has 3 rings (SSSR count). The molecule has 0 bridgehead atoms. The van der Waals surface area contributed by atoms with E-state index in [-0.39, 0.29) is 0 Å². The standard InChI is InChI=1S/C14H15N2/c1-2-6-12-11(4-1)5-3-7-13(12)14-10-15-8-9-16-14/h1-7,14,16H,8-10H2/t14-/m1/s1. The first-order chi connectivity index (χ1) is 7.95. The molecule has 1 fully saturated rings. The lowest BCUT2D eigenvalue weighted by Gasteiger charge is -2.24. The fourth-order valence-electron chi connectivity index (χ4n) is 2.37. The summed E-state index contributed by atoms with van der Waals surface area (Å²) in [5.74, 6) is 0. The van der Waals surface area contributed by atoms with E-state index in [9.17, 15) is 0 Å². The number of nitrogens with zero attached hydrogens (tertiary/aromatic N) is 1. The van der Waals surface area contributed by atoms with Crippen molar-refractivity contribution in [2.45, 2.75) is 6.04 Å². The fourth-order valence-corrected chi connectivity index (χ4v) is 2.37. The quantitative estimate of drug-likeness (QED) is 0.768. The molecule has 0 spiro atoms. The maximum absolute atomic E-state index is 4.48. The van der Waals surface area contributed by atoms with E-state index in [1.807, 2.05) is 0 Å². The SMILES string of the molecule is c1ccc2c([C@H]3C[N]CCN3)cccc2c1. The Morgan fingerprint density at radius 2 is 1.94 bits per heavy atom. The monoisotopic (exact) mass is 211 g/mol. The van der Waals surface area contributed by atoms with Crippen LogP contribution in [-0.4, -0.2) is 19.6 Å². The van der Waals surface area contributed by atoms with Crippen molar-refractivity contribution >= 4 is 10.8 Å². The lowest BCUT2D eigenvalue weighted by atomic mass is 9.98. The number of rotatable bonds is 1. The molecule has 2 heteroatoms. The number of hydrogen-bond donors (Lipinski definition) is 1. The number of hydrogen-bond acceptors (Lipinski definition) is 1. The minimum absolute atomic E-state index is 0.389. The van der Waals surface area contributed by atoms with Gasteiger partial charge in [-0.3, -0.25) is 0 Å². The Kier molecular flexibility index (Phi) is 2.60. The normalized spacial score (nSPS) is 21.1. The summed E-state index contributed by atoms with van der Waals surface area (Å²) in [6.45, 7) is 2.84. The van der Waals surface area contributed by atoms with Crippen molar-refractivity contribution in [1.82, 2.24) is 10.6 Å². The number of nitrogens with one attached hydrogen (secondary N) is 1. The molecule has 0 unspecified atom stereocenters. The molecule has 1 atom stereocenters. The number of fused-ring (bicyclic) bond motifs is 1. The summed E-state index contributed by atoms with van der Waals surface area (Å²) in [7, 11) is 0. The van der Waals surface area contributed by atoms with Crippen molar-refractivity contribution in [1.29, 1.82) is 0 Å². The summed E-state index contributed by atoms with van der Waals surface area (Å²) in [6.07, 6.45) is 0. The Hall–Kier alpha value is -1.38. The fraction of sp³-hybridized carbons (Fsp3) is 0.286. The van der Waals surface area contributed by atoms with Crippen molar-refractivity contribution in [3.63, 3.8) is 0 Å². The molecule has 16 heavy (non-hydrogen) atoms. The molecule has 81 valence electrons. The zero-order valence-electron chi connectivity index (χ0n) is 9.19. The first kappa shape index (κ1) is 9.82. The first-order valence-electron chi connectivity index (χ1n) is 5.79. The van der Waals surface area contributed by atoms with Gasteiger partial charge in [0.15, 0.2) is 0 Å². The highest BCUT2D eigenvalue weighted by Gasteiger charge is 2.16. The smallest absolute Gasteiger partial charge is 0.0470 e. The van der Waals surface area contributed by atoms with Gasteiger partial charge >= 0.3 is 0 Å². The molecular formula is C14H15N2. The predicted molar refractivity (Wildman–Crippen MR) is 66.6 cm³/mol. The Balaban J connectivity index is 2.08. The number of piperazine rings is 1. The van der Waals surface area contributed by atoms with Crippen LogP contribution in [0.5, 0.6) is 0 Å². The van der Waals surface area contributed by atoms with Gasteiger partial charge in [0.05, 0.1) is 0 Å². The zero-order valence-corrected chi connectivity index (χ0v) is 9.19. The van der Waals surface area contributed by atoms with Crippen molar-refractivity contribution in [2.75, 3.05) is 19.6 Å². The highest BCUT2D eigenvalue weighted by Crippen LogP contribution is 2.24. The molecule has 1 heterocycles. The minimum atomic E-state index is 0.389. The third kappa shape index (κ3) is 1.70. The topological polar surface area (TPSA) is 26.1 Å². The van der Waals surface area contributed by atoms with Gasteiger partial charge in [-0.25, -0.2) is 5.32 Å². The Labute approximate surface area is 95.7 Å². The molecule has 0 amide bonds. The highest BCUT2D eigenvalue weighted by atomic mass is 15.1. The molecule has 1 N–H and O–H groups in total. The van der Waals surface area contributed by atoms with Crippen molar-refractivity contribution < 1.29 is 0 Å². The lowest BCUT2D eigenvalue weighted by Crippen LogP contribution is -2.39. The molecular weight excluding hydrogens is 196 g/mol. The van der Waals surface area contributed by atoms with Gasteiger partial charge in [-0.2, -0.15) is 0 Å². The largest absolute Gasteiger partial charge is 0.307 e. The van der Waals surface area contributed by atoms with Gasteiger partial charge in [-0.1, -0.05) is 42.5 Å². The van der Waals surface area contributed by atoms with Gasteiger partial charge in [-0.05, 0) is 16.3 Å². The van der Waals surface area contributed by atoms with Crippen LogP contribution in [0.15, 0.2) is 42.5 Å². The van der Waals surface area contributed by atoms with Gasteiger partial charge in [0, 0.05) is 25.7 Å². The molecule has 0 saturated carbocycles. The molecule has 2 aromatic rings. The third-order valence-corrected chi connectivity index (χ3v) is 3.17. The van der Waals surface area contributed by atoms with Gasteiger partial charge < -0.3 is 5.32 Å². The summed E-state index contributed by atoms with van der Waals surface area (Å²) in [5, 5.41) is 10.7. The molecule has 2 nitrogen and oxygen atoms in total. The average molecular weight is 211 g/mol. The van der Waals surface area contributed by atoms with Crippen molar-refractivity contribution in [3.05, 3.63) is 48.0 Å². The van der Waals surface area contributed by atoms with Crippen LogP contribution in [0.25, 0.3) is 10.8 Å². The second kappa shape index (κ2) is 4.24. The van der Waals surface area contributed by atoms with E-state index in [0.717, 1.165) is 19.6 Å². The third-order valence-electron chi connectivity index (χ3n) is 3.17. The number of benzene rings is 2. The van der Waals surface area contributed by atoms with E-state index >= 15 is 0 Å². The second-order valence-electron chi connectivity index (χ2n) is 4.20. The van der Waals surface area contributed by atoms with E-state index in [4.69, 9.17) is 0 Å². The molecule has 0 aliphatic carbocycles. The van der Waals surface area contributed by atoms with Gasteiger partial charge in [0.1, 0.15) is 0 Å². The predicted octanol–water partition coefficient (Wildman–Crippen LogP) is 2.09. The van der Waals surface area contributed by atoms with E-state index in [1.165, 1.54) is 16.3 Å². The van der Waals surface area contributed by atoms with Gasteiger partial charge in [0.2, 0.25) is 0 Å². The van der Waals surface area contributed by atoms with Gasteiger partial charge in [-0.15, -0.1) is 0 Å². The Bertz CT molecular complexity index is 482. The van der Waals surface area contributed by atoms with Crippen LogP contribution in [0.4, 0.5) is 0 Å². The van der Waals surface area contributed by atoms with Crippen LogP contribution in [0.2, 0.25) is 0 Å². The molecule has 0 aromatic heterocycles. The summed E-state index contributed by atoms with van der Waals surface area (Å²) < 4.78 is 0. The van der Waals surface area contributed by atoms with Crippen LogP contribution in [-0.2, 0) is 0 Å². The zero-order chi connectivity index (χ0) is 10.8. The average Bonchev–Trinajstić information content (AvgIpc) is 2.39. The highest BCUT2D eigenvalue weighted by molar-refractivity contribution is 5.86. The maximum atomic E-state index is 4.48. The molecule has 1 aliphatic heterocycles. The van der Waals surface area contributed by atoms with Crippen LogP contribution in [0.1, 0.15) is 11.6 Å². The molecule has 1 aliphatic rings. The molecule has 2 aromatic carbocycles. The van der Waals surface area contributed by atoms with E-state index in [0.29, 0.717) is 6.04 Å². The van der Waals surface area contributed by atoms with Crippen LogP contribution >= 0.6 is 0 Å². The van der Waals surface area contributed by atoms with E-state index < -0.39 is 0 Å². The second-order valence-corrected chi connectivity index (χ2v) is 4.20. The molecule has 1 saturated heterocycles. The van der Waals surface area contributed by atoms with Crippen LogP contribution in [0.3, 0.4) is 0 Å². The summed E-state index contributed by atoms with van der Waals surface area (Å²) in [5.41, 5.74) is 1.38. The Morgan fingerprint density at radius 1 is 1.06 bits per heavy atom. The van der Waals surface area contributed by atoms with Gasteiger partial charge in [0.25, 0.3) is 0 Å². The van der Waals surface area contributed by atoms with Crippen LogP contribution < -0.4 is 10.6 Å². The maximum Gasteiger partial charge on any atom is 0.0470 e. The lowest BCUT2D eigenvalue weighted by molar-refractivity contribution is 0.426. The summed E-state index contributed by atoms with van der Waals surface area (Å²) in [4.78, 5) is 0. The summed E-state index contributed by atoms with van der Waals surface area (Å²) >= 11 is 0. The minimum Gasteiger partial charge on any atom is -0.307 e. The van der Waals surface area contributed by atoms with Crippen molar-refractivity contribution in [2.24, 2.45) is 0 Å². The molecule has 1 radical (unpaired) electrons. The van der Waals surface area contributed by atoms with Crippen LogP contribution in [0, 0.1) is 0 Å². The first-order valence-corrected chi connectivity index (χ1v) is 5.79. The Morgan fingerprint density at radius 3 is 2.81 bits per heavy atom. The van der Waals surface area contributed by atoms with E-state index in [1.54, 1.807) is 0 Å². The van der Waals surface area contributed by atoms with E-state index in [2.05, 4.69) is 53.1 Å².